The third kappa shape index (κ3) is 2.87. The van der Waals surface area contributed by atoms with Crippen LogP contribution in [-0.2, 0) is 5.41 Å². The van der Waals surface area contributed by atoms with Gasteiger partial charge in [-0.3, -0.25) is 0 Å². The highest BCUT2D eigenvalue weighted by molar-refractivity contribution is 6.16. The molecule has 3 aliphatic carbocycles. The van der Waals surface area contributed by atoms with Gasteiger partial charge in [0.25, 0.3) is 0 Å². The molecule has 0 atom stereocenters. The Hall–Kier alpha value is -2.67. The third-order valence-corrected chi connectivity index (χ3v) is 6.89. The van der Waals surface area contributed by atoms with Crippen molar-refractivity contribution in [3.63, 3.8) is 0 Å². The van der Waals surface area contributed by atoms with Crippen LogP contribution in [0.5, 0.6) is 5.75 Å². The number of hydrogen-bond donors (Lipinski definition) is 3. The molecular formula is C22H27N5O2. The zero-order chi connectivity index (χ0) is 20.0. The molecule has 0 radical (unpaired) electrons. The Balaban J connectivity index is 1.59. The molecule has 0 amide bonds. The molecular weight excluding hydrogens is 366 g/mol. The van der Waals surface area contributed by atoms with E-state index >= 15 is 0 Å². The first kappa shape index (κ1) is 18.4. The molecule has 0 unspecified atom stereocenters. The Bertz CT molecular complexity index is 960. The Morgan fingerprint density at radius 1 is 1.07 bits per heavy atom. The summed E-state index contributed by atoms with van der Waals surface area (Å²) in [5, 5.41) is 13.9. The molecule has 5 rings (SSSR count). The fourth-order valence-electron chi connectivity index (χ4n) is 5.46. The number of fused-ring (bicyclic) bond motifs is 4. The predicted octanol–water partition coefficient (Wildman–Crippen LogP) is 3.38. The van der Waals surface area contributed by atoms with Crippen molar-refractivity contribution in [3.8, 4) is 17.0 Å². The molecule has 152 valence electrons. The standard InChI is InChI=1S/C22H27N5O2/c23-13-3-5-14(6-4-13)29-15-7-8-16-17(11-15)20(27-28)22(9-1-2-10-22)18-19(16)25-12-26-21(18)24/h7-8,11-14,28H,1-6,9-10,23H2,(H2,24,25,26)/b27-20+/t13-,14+. The van der Waals surface area contributed by atoms with Crippen LogP contribution in [0.25, 0.3) is 11.3 Å². The molecule has 1 aromatic heterocycles. The average Bonchev–Trinajstić information content (AvgIpc) is 3.20. The normalized spacial score (nSPS) is 26.3. The Kier molecular flexibility index (Phi) is 4.42. The van der Waals surface area contributed by atoms with Crippen LogP contribution in [-0.4, -0.2) is 33.0 Å². The fraction of sp³-hybridized carbons (Fsp3) is 0.500. The summed E-state index contributed by atoms with van der Waals surface area (Å²) in [6.07, 6.45) is 9.47. The number of oxime groups is 1. The molecule has 3 aliphatic rings. The summed E-state index contributed by atoms with van der Waals surface area (Å²) in [7, 11) is 0. The molecule has 0 saturated heterocycles. The lowest BCUT2D eigenvalue weighted by Gasteiger charge is -2.37. The maximum absolute atomic E-state index is 10.1. The van der Waals surface area contributed by atoms with Crippen LogP contribution in [0, 0.1) is 0 Å². The van der Waals surface area contributed by atoms with Gasteiger partial charge in [0.15, 0.2) is 0 Å². The zero-order valence-electron chi connectivity index (χ0n) is 16.5. The average molecular weight is 393 g/mol. The molecule has 5 N–H and O–H groups in total. The molecule has 7 nitrogen and oxygen atoms in total. The lowest BCUT2D eigenvalue weighted by molar-refractivity contribution is 0.147. The van der Waals surface area contributed by atoms with E-state index in [4.69, 9.17) is 16.2 Å². The summed E-state index contributed by atoms with van der Waals surface area (Å²) in [5.41, 5.74) is 16.1. The molecule has 29 heavy (non-hydrogen) atoms. The van der Waals surface area contributed by atoms with Gasteiger partial charge in [-0.2, -0.15) is 0 Å². The summed E-state index contributed by atoms with van der Waals surface area (Å²) in [6.45, 7) is 0. The van der Waals surface area contributed by atoms with Crippen LogP contribution in [0.3, 0.4) is 0 Å². The van der Waals surface area contributed by atoms with E-state index in [9.17, 15) is 5.21 Å². The largest absolute Gasteiger partial charge is 0.490 e. The smallest absolute Gasteiger partial charge is 0.131 e. The van der Waals surface area contributed by atoms with Gasteiger partial charge in [0.1, 0.15) is 17.9 Å². The van der Waals surface area contributed by atoms with Crippen LogP contribution < -0.4 is 16.2 Å². The van der Waals surface area contributed by atoms with Crippen LogP contribution in [0.1, 0.15) is 62.5 Å². The van der Waals surface area contributed by atoms with E-state index in [-0.39, 0.29) is 12.1 Å². The van der Waals surface area contributed by atoms with Crippen molar-refractivity contribution in [2.24, 2.45) is 10.9 Å². The molecule has 0 bridgehead atoms. The van der Waals surface area contributed by atoms with Gasteiger partial charge in [0.2, 0.25) is 0 Å². The number of ether oxygens (including phenoxy) is 1. The Morgan fingerprint density at radius 3 is 2.55 bits per heavy atom. The van der Waals surface area contributed by atoms with E-state index in [1.165, 1.54) is 6.33 Å². The number of anilines is 1. The number of nitrogens with zero attached hydrogens (tertiary/aromatic N) is 3. The summed E-state index contributed by atoms with van der Waals surface area (Å²) in [5.74, 6) is 1.27. The van der Waals surface area contributed by atoms with Crippen LogP contribution in [0.15, 0.2) is 29.7 Å². The van der Waals surface area contributed by atoms with Crippen molar-refractivity contribution >= 4 is 11.5 Å². The van der Waals surface area contributed by atoms with E-state index < -0.39 is 5.41 Å². The van der Waals surface area contributed by atoms with Gasteiger partial charge in [0.05, 0.1) is 17.5 Å². The monoisotopic (exact) mass is 393 g/mol. The van der Waals surface area contributed by atoms with Gasteiger partial charge in [-0.05, 0) is 56.7 Å². The van der Waals surface area contributed by atoms with Crippen molar-refractivity contribution < 1.29 is 9.94 Å². The van der Waals surface area contributed by atoms with Gasteiger partial charge in [-0.25, -0.2) is 9.97 Å². The highest BCUT2D eigenvalue weighted by atomic mass is 16.5. The van der Waals surface area contributed by atoms with E-state index in [2.05, 4.69) is 15.1 Å². The molecule has 1 aromatic carbocycles. The summed E-state index contributed by atoms with van der Waals surface area (Å²) >= 11 is 0. The first-order valence-corrected chi connectivity index (χ1v) is 10.5. The topological polar surface area (TPSA) is 120 Å². The highest BCUT2D eigenvalue weighted by Gasteiger charge is 2.49. The van der Waals surface area contributed by atoms with E-state index in [1.807, 2.05) is 18.2 Å². The van der Waals surface area contributed by atoms with Crippen LogP contribution >= 0.6 is 0 Å². The first-order chi connectivity index (χ1) is 14.1. The maximum atomic E-state index is 10.1. The van der Waals surface area contributed by atoms with Gasteiger partial charge >= 0.3 is 0 Å². The van der Waals surface area contributed by atoms with Gasteiger partial charge in [-0.15, -0.1) is 0 Å². The lowest BCUT2D eigenvalue weighted by atomic mass is 9.66. The molecule has 7 heteroatoms. The third-order valence-electron chi connectivity index (χ3n) is 6.89. The lowest BCUT2D eigenvalue weighted by Crippen LogP contribution is -2.39. The number of nitrogen functional groups attached to an aromatic ring is 1. The minimum atomic E-state index is -0.432. The molecule has 2 saturated carbocycles. The second-order valence-corrected chi connectivity index (χ2v) is 8.58. The van der Waals surface area contributed by atoms with Gasteiger partial charge in [0, 0.05) is 28.1 Å². The fourth-order valence-corrected chi connectivity index (χ4v) is 5.46. The number of benzene rings is 1. The zero-order valence-corrected chi connectivity index (χ0v) is 16.5. The molecule has 2 aromatic rings. The summed E-state index contributed by atoms with van der Waals surface area (Å²) in [6, 6.07) is 6.25. The SMILES string of the molecule is Nc1ncnc2c1C1(CCCC1)/C(=N/O)c1cc(O[C@H]3CC[C@@H](N)CC3)ccc1-2. The number of aromatic nitrogens is 2. The first-order valence-electron chi connectivity index (χ1n) is 10.5. The van der Waals surface area contributed by atoms with Crippen LogP contribution in [0.4, 0.5) is 5.82 Å². The van der Waals surface area contributed by atoms with E-state index in [1.54, 1.807) is 0 Å². The van der Waals surface area contributed by atoms with Gasteiger partial charge in [-0.1, -0.05) is 18.0 Å². The molecule has 1 spiro atoms. The second-order valence-electron chi connectivity index (χ2n) is 8.58. The number of hydrogen-bond acceptors (Lipinski definition) is 7. The quantitative estimate of drug-likeness (QED) is 0.531. The van der Waals surface area contributed by atoms with Crippen molar-refractivity contribution in [2.75, 3.05) is 5.73 Å². The maximum Gasteiger partial charge on any atom is 0.131 e. The summed E-state index contributed by atoms with van der Waals surface area (Å²) in [4.78, 5) is 8.83. The van der Waals surface area contributed by atoms with E-state index in [0.717, 1.165) is 79.5 Å². The van der Waals surface area contributed by atoms with Gasteiger partial charge < -0.3 is 21.4 Å². The predicted molar refractivity (Wildman–Crippen MR) is 111 cm³/mol. The van der Waals surface area contributed by atoms with Crippen molar-refractivity contribution in [3.05, 3.63) is 35.7 Å². The van der Waals surface area contributed by atoms with Crippen molar-refractivity contribution in [1.82, 2.24) is 9.97 Å². The van der Waals surface area contributed by atoms with Crippen molar-refractivity contribution in [1.29, 1.82) is 0 Å². The molecule has 2 fully saturated rings. The Morgan fingerprint density at radius 2 is 1.83 bits per heavy atom. The molecule has 0 aliphatic heterocycles. The van der Waals surface area contributed by atoms with Crippen molar-refractivity contribution in [2.45, 2.75) is 68.9 Å². The van der Waals surface area contributed by atoms with E-state index in [0.29, 0.717) is 11.5 Å². The Labute approximate surface area is 170 Å². The highest BCUT2D eigenvalue weighted by Crippen LogP contribution is 2.53. The minimum Gasteiger partial charge on any atom is -0.490 e. The number of rotatable bonds is 2. The summed E-state index contributed by atoms with van der Waals surface area (Å²) < 4.78 is 6.28. The second kappa shape index (κ2) is 6.99. The number of nitrogens with two attached hydrogens (primary N) is 2. The minimum absolute atomic E-state index is 0.177. The van der Waals surface area contributed by atoms with Crippen LogP contribution in [0.2, 0.25) is 0 Å². The molecule has 1 heterocycles.